The molecule has 0 unspecified atom stereocenters. The number of aryl methyl sites for hydroxylation is 1. The van der Waals surface area contributed by atoms with Gasteiger partial charge in [-0.05, 0) is 95.5 Å². The van der Waals surface area contributed by atoms with E-state index in [4.69, 9.17) is 10.5 Å². The van der Waals surface area contributed by atoms with Gasteiger partial charge in [0.15, 0.2) is 11.6 Å². The predicted octanol–water partition coefficient (Wildman–Crippen LogP) is 5.59. The molecule has 57 heavy (non-hydrogen) atoms. The molecule has 0 saturated heterocycles. The Balaban J connectivity index is 1.33. The van der Waals surface area contributed by atoms with Crippen LogP contribution in [0.4, 0.5) is 5.69 Å². The highest BCUT2D eigenvalue weighted by atomic mass is 16.5. The Bertz CT molecular complexity index is 2140. The number of carbonyl (C=O) groups excluding carboxylic acids is 4. The summed E-state index contributed by atoms with van der Waals surface area (Å²) in [7, 11) is 0. The van der Waals surface area contributed by atoms with Crippen molar-refractivity contribution in [2.45, 2.75) is 57.0 Å². The van der Waals surface area contributed by atoms with Crippen LogP contribution in [0.15, 0.2) is 128 Å². The van der Waals surface area contributed by atoms with Crippen LogP contribution in [0.1, 0.15) is 41.5 Å². The number of nitrogens with zero attached hydrogens (tertiary/aromatic N) is 1. The third kappa shape index (κ3) is 11.7. The Hall–Kier alpha value is -6.62. The summed E-state index contributed by atoms with van der Waals surface area (Å²) in [6.45, 7) is -0.293. The molecule has 0 fully saturated rings. The molecule has 2 aliphatic heterocycles. The molecular formula is C46H46N4O7. The Morgan fingerprint density at radius 1 is 0.684 bits per heavy atom. The van der Waals surface area contributed by atoms with Crippen molar-refractivity contribution >= 4 is 35.0 Å². The fraction of sp³-hybridized carbons (Fsp3) is 0.261. The summed E-state index contributed by atoms with van der Waals surface area (Å²) in [5.41, 5.74) is 11.6. The number of nitrogens with two attached hydrogens (primary N) is 1. The number of benzene rings is 4. The number of aliphatic carboxylic acids is 1. The van der Waals surface area contributed by atoms with E-state index >= 15 is 0 Å². The SMILES string of the molecule is Nc1ccc(-c2ccc(C[C@H]3NC(=O)[C@H](Cc4ccncc4)CC(=O)COc4ccc(cc4)C[C@@H](C(=O)O)CC(=O)[C@H](CCc4ccccc4)NC3=O)cc2)cc1. The van der Waals surface area contributed by atoms with E-state index in [-0.39, 0.29) is 50.9 Å². The molecule has 2 amide bonds. The van der Waals surface area contributed by atoms with Gasteiger partial charge in [-0.3, -0.25) is 29.0 Å². The number of carbonyl (C=O) groups is 5. The maximum atomic E-state index is 14.4. The van der Waals surface area contributed by atoms with Crippen LogP contribution in [-0.4, -0.2) is 58.1 Å². The number of anilines is 1. The van der Waals surface area contributed by atoms with Crippen molar-refractivity contribution in [3.05, 3.63) is 150 Å². The third-order valence-electron chi connectivity index (χ3n) is 10.2. The number of ketones is 2. The second-order valence-electron chi connectivity index (χ2n) is 14.5. The standard InChI is InChI=1S/C46H46N4O7/c47-38-15-13-35(14-16-38)34-11-6-32(7-12-34)26-42-45(54)49-41(19-10-30-4-2-1-3-5-30)43(52)28-37(46(55)56)25-31-8-17-40(18-9-31)57-29-39(51)27-36(44(53)50-42)24-33-20-22-48-23-21-33/h1-9,11-18,20-23,36-37,41-42H,10,19,24-29,47H2,(H,49,54)(H,50,53)(H,55,56)/t36-,37-,41+,42-/m1/s1. The van der Waals surface area contributed by atoms with Gasteiger partial charge in [0.25, 0.3) is 0 Å². The zero-order valence-electron chi connectivity index (χ0n) is 31.5. The molecule has 7 rings (SSSR count). The number of nitrogen functional groups attached to an aromatic ring is 1. The summed E-state index contributed by atoms with van der Waals surface area (Å²) >= 11 is 0. The Morgan fingerprint density at radius 2 is 1.32 bits per heavy atom. The smallest absolute Gasteiger partial charge is 0.307 e. The van der Waals surface area contributed by atoms with Gasteiger partial charge in [0, 0.05) is 43.3 Å². The van der Waals surface area contributed by atoms with E-state index in [1.807, 2.05) is 78.9 Å². The lowest BCUT2D eigenvalue weighted by Gasteiger charge is -2.26. The number of fused-ring (bicyclic) bond motifs is 16. The van der Waals surface area contributed by atoms with E-state index in [1.54, 1.807) is 48.8 Å². The molecule has 5 N–H and O–H groups in total. The minimum Gasteiger partial charge on any atom is -0.486 e. The number of carboxylic acid groups (broad SMARTS) is 1. The molecule has 0 aliphatic carbocycles. The maximum Gasteiger partial charge on any atom is 0.307 e. The van der Waals surface area contributed by atoms with E-state index < -0.39 is 47.5 Å². The van der Waals surface area contributed by atoms with Gasteiger partial charge < -0.3 is 26.2 Å². The lowest BCUT2D eigenvalue weighted by molar-refractivity contribution is -0.144. The summed E-state index contributed by atoms with van der Waals surface area (Å²) in [5, 5.41) is 16.0. The van der Waals surface area contributed by atoms with Gasteiger partial charge in [-0.1, -0.05) is 78.9 Å². The molecule has 0 spiro atoms. The van der Waals surface area contributed by atoms with Crippen LogP contribution in [0, 0.1) is 11.8 Å². The molecule has 292 valence electrons. The van der Waals surface area contributed by atoms with Crippen molar-refractivity contribution in [1.82, 2.24) is 15.6 Å². The normalized spacial score (nSPS) is 19.6. The number of hydrogen-bond acceptors (Lipinski definition) is 8. The van der Waals surface area contributed by atoms with Crippen molar-refractivity contribution in [3.8, 4) is 16.9 Å². The van der Waals surface area contributed by atoms with Gasteiger partial charge in [-0.2, -0.15) is 0 Å². The van der Waals surface area contributed by atoms with E-state index in [0.717, 1.165) is 27.8 Å². The van der Waals surface area contributed by atoms with Crippen LogP contribution >= 0.6 is 0 Å². The Labute approximate surface area is 331 Å². The van der Waals surface area contributed by atoms with Gasteiger partial charge in [0.1, 0.15) is 18.4 Å². The number of pyridine rings is 1. The number of hydrogen-bond donors (Lipinski definition) is 4. The zero-order chi connectivity index (χ0) is 40.1. The van der Waals surface area contributed by atoms with Gasteiger partial charge in [-0.25, -0.2) is 0 Å². The fourth-order valence-electron chi connectivity index (χ4n) is 6.98. The van der Waals surface area contributed by atoms with Crippen molar-refractivity contribution in [1.29, 1.82) is 0 Å². The summed E-state index contributed by atoms with van der Waals surface area (Å²) in [6, 6.07) is 32.6. The first-order valence-corrected chi connectivity index (χ1v) is 19.1. The van der Waals surface area contributed by atoms with E-state index in [0.29, 0.717) is 23.4 Å². The number of Topliss-reactive ketones (excluding diaryl/α,β-unsaturated/α-hetero) is 2. The van der Waals surface area contributed by atoms with Crippen LogP contribution in [0.2, 0.25) is 0 Å². The summed E-state index contributed by atoms with van der Waals surface area (Å²) in [6.07, 6.45) is 3.74. The topological polar surface area (TPSA) is 178 Å². The molecule has 2 bridgehead atoms. The van der Waals surface area contributed by atoms with Gasteiger partial charge in [0.2, 0.25) is 11.8 Å². The quantitative estimate of drug-likeness (QED) is 0.139. The van der Waals surface area contributed by atoms with Crippen LogP contribution in [-0.2, 0) is 49.7 Å². The number of rotatable bonds is 9. The molecule has 1 aromatic heterocycles. The highest BCUT2D eigenvalue weighted by molar-refractivity contribution is 5.95. The molecule has 2 aliphatic rings. The van der Waals surface area contributed by atoms with Gasteiger partial charge >= 0.3 is 5.97 Å². The van der Waals surface area contributed by atoms with Crippen molar-refractivity contribution in [2.75, 3.05) is 12.3 Å². The lowest BCUT2D eigenvalue weighted by Crippen LogP contribution is -2.54. The Morgan fingerprint density at radius 3 is 1.98 bits per heavy atom. The van der Waals surface area contributed by atoms with Crippen molar-refractivity contribution < 1.29 is 33.8 Å². The molecular weight excluding hydrogens is 721 g/mol. The van der Waals surface area contributed by atoms with Crippen molar-refractivity contribution in [2.24, 2.45) is 11.8 Å². The minimum absolute atomic E-state index is 0.0708. The predicted molar refractivity (Wildman–Crippen MR) is 216 cm³/mol. The van der Waals surface area contributed by atoms with Crippen LogP contribution in [0.3, 0.4) is 0 Å². The average Bonchev–Trinajstić information content (AvgIpc) is 3.22. The third-order valence-corrected chi connectivity index (χ3v) is 10.2. The van der Waals surface area contributed by atoms with Gasteiger partial charge in [-0.15, -0.1) is 0 Å². The number of aromatic nitrogens is 1. The summed E-state index contributed by atoms with van der Waals surface area (Å²) < 4.78 is 5.77. The molecule has 11 nitrogen and oxygen atoms in total. The summed E-state index contributed by atoms with van der Waals surface area (Å²) in [4.78, 5) is 72.6. The van der Waals surface area contributed by atoms with Crippen molar-refractivity contribution in [3.63, 3.8) is 0 Å². The van der Waals surface area contributed by atoms with Crippen LogP contribution < -0.4 is 21.1 Å². The molecule has 5 aromatic rings. The number of carboxylic acids is 1. The van der Waals surface area contributed by atoms with E-state index in [9.17, 15) is 29.1 Å². The van der Waals surface area contributed by atoms with Gasteiger partial charge in [0.05, 0.1) is 12.0 Å². The fourth-order valence-corrected chi connectivity index (χ4v) is 6.98. The highest BCUT2D eigenvalue weighted by Crippen LogP contribution is 2.23. The first-order valence-electron chi connectivity index (χ1n) is 19.1. The largest absolute Gasteiger partial charge is 0.486 e. The van der Waals surface area contributed by atoms with Crippen LogP contribution in [0.5, 0.6) is 5.75 Å². The second kappa shape index (κ2) is 19.3. The molecule has 4 aromatic carbocycles. The molecule has 0 radical (unpaired) electrons. The first kappa shape index (κ1) is 40.1. The average molecular weight is 767 g/mol. The minimum atomic E-state index is -1.15. The lowest BCUT2D eigenvalue weighted by atomic mass is 9.90. The molecule has 3 heterocycles. The number of nitrogens with one attached hydrogen (secondary N) is 2. The van der Waals surface area contributed by atoms with E-state index in [1.165, 1.54) is 0 Å². The molecule has 0 saturated carbocycles. The van der Waals surface area contributed by atoms with Crippen LogP contribution in [0.25, 0.3) is 11.1 Å². The number of amides is 2. The molecule has 11 heteroatoms. The zero-order valence-corrected chi connectivity index (χ0v) is 31.5. The first-order chi connectivity index (χ1) is 27.6. The molecule has 4 atom stereocenters. The highest BCUT2D eigenvalue weighted by Gasteiger charge is 2.32. The van der Waals surface area contributed by atoms with E-state index in [2.05, 4.69) is 15.6 Å². The maximum absolute atomic E-state index is 14.4. The Kier molecular flexibility index (Phi) is 13.6. The number of ether oxygens (including phenoxy) is 1. The monoisotopic (exact) mass is 766 g/mol. The summed E-state index contributed by atoms with van der Waals surface area (Å²) in [5.74, 6) is -4.51. The second-order valence-corrected chi connectivity index (χ2v) is 14.5.